The second-order valence-electron chi connectivity index (χ2n) is 9.08. The number of nitrogens with one attached hydrogen (secondary N) is 1. The van der Waals surface area contributed by atoms with Gasteiger partial charge in [0.15, 0.2) is 11.5 Å². The van der Waals surface area contributed by atoms with Gasteiger partial charge in [0.2, 0.25) is 0 Å². The van der Waals surface area contributed by atoms with Gasteiger partial charge in [0, 0.05) is 29.9 Å². The summed E-state index contributed by atoms with van der Waals surface area (Å²) in [5, 5.41) is 8.76. The van der Waals surface area contributed by atoms with Gasteiger partial charge in [-0.25, -0.2) is 0 Å². The van der Waals surface area contributed by atoms with Gasteiger partial charge in [-0.1, -0.05) is 47.1 Å². The molecule has 1 aromatic heterocycles. The summed E-state index contributed by atoms with van der Waals surface area (Å²) in [6.45, 7) is 7.71. The number of benzene rings is 3. The Balaban J connectivity index is 1.60. The number of ether oxygens (including phenoxy) is 1. The van der Waals surface area contributed by atoms with Crippen molar-refractivity contribution in [2.24, 2.45) is 0 Å². The van der Waals surface area contributed by atoms with Gasteiger partial charge in [-0.3, -0.25) is 4.79 Å². The predicted octanol–water partition coefficient (Wildman–Crippen LogP) is 5.70. The highest BCUT2D eigenvalue weighted by Crippen LogP contribution is 2.46. The number of ketones is 1. The van der Waals surface area contributed by atoms with Crippen molar-refractivity contribution >= 4 is 33.7 Å². The summed E-state index contributed by atoms with van der Waals surface area (Å²) < 4.78 is 11.8. The molecule has 0 saturated carbocycles. The zero-order valence-corrected chi connectivity index (χ0v) is 18.9. The molecule has 0 radical (unpaired) electrons. The molecule has 2 atom stereocenters. The second kappa shape index (κ2) is 7.46. The maximum absolute atomic E-state index is 13.7. The number of hydrogen-bond acceptors (Lipinski definition) is 6. The SMILES string of the molecule is Cc1ccc(Nc2cc(N3CC(C)OC(C)C3)c3noc4c3c2C(=O)c2ccccc2-4)cc1. The van der Waals surface area contributed by atoms with Gasteiger partial charge in [0.05, 0.1) is 34.5 Å². The molecule has 1 aliphatic carbocycles. The van der Waals surface area contributed by atoms with Crippen molar-refractivity contribution in [1.29, 1.82) is 0 Å². The van der Waals surface area contributed by atoms with Crippen molar-refractivity contribution in [2.75, 3.05) is 23.3 Å². The highest BCUT2D eigenvalue weighted by Gasteiger charge is 2.34. The number of hydrogen-bond donors (Lipinski definition) is 1. The van der Waals surface area contributed by atoms with Crippen molar-refractivity contribution in [3.63, 3.8) is 0 Å². The summed E-state index contributed by atoms with van der Waals surface area (Å²) in [7, 11) is 0. The van der Waals surface area contributed by atoms with Crippen LogP contribution in [0.3, 0.4) is 0 Å². The highest BCUT2D eigenvalue weighted by atomic mass is 16.5. The fourth-order valence-corrected chi connectivity index (χ4v) is 5.05. The smallest absolute Gasteiger partial charge is 0.196 e. The minimum atomic E-state index is -0.0174. The van der Waals surface area contributed by atoms with E-state index in [4.69, 9.17) is 9.26 Å². The first-order chi connectivity index (χ1) is 16.0. The van der Waals surface area contributed by atoms with E-state index in [0.29, 0.717) is 16.9 Å². The third kappa shape index (κ3) is 3.21. The summed E-state index contributed by atoms with van der Waals surface area (Å²) in [5.74, 6) is 0.634. The number of carbonyl (C=O) groups is 1. The van der Waals surface area contributed by atoms with Gasteiger partial charge in [-0.2, -0.15) is 0 Å². The van der Waals surface area contributed by atoms with E-state index in [2.05, 4.69) is 48.3 Å². The van der Waals surface area contributed by atoms with Gasteiger partial charge >= 0.3 is 0 Å². The normalized spacial score (nSPS) is 19.6. The van der Waals surface area contributed by atoms with Gasteiger partial charge in [0.1, 0.15) is 5.52 Å². The molecule has 2 aliphatic rings. The molecule has 6 nitrogen and oxygen atoms in total. The summed E-state index contributed by atoms with van der Waals surface area (Å²) >= 11 is 0. The van der Waals surface area contributed by atoms with E-state index in [1.807, 2.05) is 42.5 Å². The average molecular weight is 440 g/mol. The van der Waals surface area contributed by atoms with E-state index in [9.17, 15) is 4.79 Å². The van der Waals surface area contributed by atoms with E-state index >= 15 is 0 Å². The first-order valence-electron chi connectivity index (χ1n) is 11.3. The van der Waals surface area contributed by atoms with E-state index in [-0.39, 0.29) is 18.0 Å². The van der Waals surface area contributed by atoms with E-state index in [1.165, 1.54) is 5.56 Å². The summed E-state index contributed by atoms with van der Waals surface area (Å²) in [5.41, 5.74) is 6.58. The molecule has 1 aliphatic heterocycles. The van der Waals surface area contributed by atoms with Crippen LogP contribution in [-0.4, -0.2) is 36.2 Å². The monoisotopic (exact) mass is 439 g/mol. The molecule has 1 saturated heterocycles. The molecule has 0 amide bonds. The van der Waals surface area contributed by atoms with Crippen LogP contribution in [0.15, 0.2) is 59.1 Å². The van der Waals surface area contributed by atoms with Crippen molar-refractivity contribution < 1.29 is 14.1 Å². The number of aromatic nitrogens is 1. The molecule has 1 N–H and O–H groups in total. The zero-order valence-electron chi connectivity index (χ0n) is 18.9. The molecule has 0 spiro atoms. The van der Waals surface area contributed by atoms with Gasteiger partial charge in [-0.05, 0) is 39.0 Å². The molecular formula is C27H25N3O3. The lowest BCUT2D eigenvalue weighted by molar-refractivity contribution is -0.00515. The van der Waals surface area contributed by atoms with Crippen molar-refractivity contribution in [1.82, 2.24) is 5.16 Å². The minimum Gasteiger partial charge on any atom is -0.372 e. The van der Waals surface area contributed by atoms with Crippen LogP contribution in [0.1, 0.15) is 35.3 Å². The number of morpholine rings is 1. The van der Waals surface area contributed by atoms with Crippen LogP contribution in [0.5, 0.6) is 0 Å². The number of fused-ring (bicyclic) bond motifs is 2. The Kier molecular flexibility index (Phi) is 4.52. The largest absolute Gasteiger partial charge is 0.372 e. The molecule has 2 unspecified atom stereocenters. The highest BCUT2D eigenvalue weighted by molar-refractivity contribution is 6.28. The minimum absolute atomic E-state index is 0.0174. The maximum atomic E-state index is 13.7. The van der Waals surface area contributed by atoms with Gasteiger partial charge in [0.25, 0.3) is 0 Å². The van der Waals surface area contributed by atoms with Crippen molar-refractivity contribution in [3.8, 4) is 11.3 Å². The number of rotatable bonds is 3. The van der Waals surface area contributed by atoms with Gasteiger partial charge in [-0.15, -0.1) is 0 Å². The Hall–Kier alpha value is -3.64. The lowest BCUT2D eigenvalue weighted by Crippen LogP contribution is -2.45. The fourth-order valence-electron chi connectivity index (χ4n) is 5.05. The second-order valence-corrected chi connectivity index (χ2v) is 9.08. The zero-order chi connectivity index (χ0) is 22.7. The molecule has 3 aromatic carbocycles. The van der Waals surface area contributed by atoms with Crippen molar-refractivity contribution in [2.45, 2.75) is 33.0 Å². The van der Waals surface area contributed by atoms with E-state index in [1.54, 1.807) is 0 Å². The fraction of sp³-hybridized carbons (Fsp3) is 0.259. The molecule has 2 heterocycles. The molecule has 1 fully saturated rings. The summed E-state index contributed by atoms with van der Waals surface area (Å²) in [4.78, 5) is 16.0. The summed E-state index contributed by atoms with van der Waals surface area (Å²) in [6.07, 6.45) is 0.192. The van der Waals surface area contributed by atoms with E-state index < -0.39 is 0 Å². The first-order valence-corrected chi connectivity index (χ1v) is 11.3. The third-order valence-electron chi connectivity index (χ3n) is 6.47. The molecule has 6 rings (SSSR count). The molecule has 166 valence electrons. The predicted molar refractivity (Wildman–Crippen MR) is 130 cm³/mol. The number of carbonyl (C=O) groups excluding carboxylic acids is 1. The van der Waals surface area contributed by atoms with Crippen LogP contribution < -0.4 is 10.2 Å². The van der Waals surface area contributed by atoms with Crippen LogP contribution in [0.25, 0.3) is 22.2 Å². The Morgan fingerprint density at radius 2 is 1.70 bits per heavy atom. The van der Waals surface area contributed by atoms with Crippen LogP contribution in [0, 0.1) is 6.92 Å². The molecular weight excluding hydrogens is 414 g/mol. The Morgan fingerprint density at radius 1 is 1.00 bits per heavy atom. The van der Waals surface area contributed by atoms with Crippen LogP contribution >= 0.6 is 0 Å². The number of anilines is 3. The van der Waals surface area contributed by atoms with Crippen LogP contribution in [0.2, 0.25) is 0 Å². The molecule has 0 bridgehead atoms. The molecule has 33 heavy (non-hydrogen) atoms. The average Bonchev–Trinajstić information content (AvgIpc) is 3.24. The lowest BCUT2D eigenvalue weighted by atomic mass is 9.86. The van der Waals surface area contributed by atoms with Crippen LogP contribution in [-0.2, 0) is 4.74 Å². The standard InChI is InChI=1S/C27H25N3O3/c1-15-8-10-18(11-9-15)28-21-12-22(30-13-16(2)32-17(3)14-30)25-24-23(21)26(31)19-6-4-5-7-20(19)27(24)33-29-25/h4-12,16-17,28H,13-14H2,1-3H3. The molecule has 4 aromatic rings. The number of aryl methyl sites for hydroxylation is 1. The maximum Gasteiger partial charge on any atom is 0.196 e. The summed E-state index contributed by atoms with van der Waals surface area (Å²) in [6, 6.07) is 17.8. The lowest BCUT2D eigenvalue weighted by Gasteiger charge is -2.37. The third-order valence-corrected chi connectivity index (χ3v) is 6.47. The van der Waals surface area contributed by atoms with E-state index in [0.717, 1.165) is 46.6 Å². The van der Waals surface area contributed by atoms with Gasteiger partial charge < -0.3 is 19.5 Å². The molecule has 6 heteroatoms. The number of nitrogens with zero attached hydrogens (tertiary/aromatic N) is 2. The Morgan fingerprint density at radius 3 is 2.42 bits per heavy atom. The Bertz CT molecular complexity index is 1380. The topological polar surface area (TPSA) is 67.6 Å². The Labute approximate surface area is 192 Å². The van der Waals surface area contributed by atoms with Crippen LogP contribution in [0.4, 0.5) is 17.1 Å². The quantitative estimate of drug-likeness (QED) is 0.389. The van der Waals surface area contributed by atoms with Crippen molar-refractivity contribution in [3.05, 3.63) is 71.3 Å². The first kappa shape index (κ1) is 20.0.